The van der Waals surface area contributed by atoms with E-state index in [4.69, 9.17) is 9.47 Å². The van der Waals surface area contributed by atoms with Crippen LogP contribution in [0.5, 0.6) is 0 Å². The Morgan fingerprint density at radius 1 is 1.16 bits per heavy atom. The molecule has 0 bridgehead atoms. The number of methoxy groups -OCH3 is 1. The van der Waals surface area contributed by atoms with Crippen molar-refractivity contribution in [2.24, 2.45) is 17.3 Å². The first kappa shape index (κ1) is 23.4. The minimum atomic E-state index is -1.07. The van der Waals surface area contributed by atoms with Gasteiger partial charge in [-0.1, -0.05) is 19.9 Å². The van der Waals surface area contributed by atoms with Gasteiger partial charge in [-0.25, -0.2) is 4.79 Å². The van der Waals surface area contributed by atoms with E-state index in [0.29, 0.717) is 6.42 Å². The molecule has 0 amide bonds. The van der Waals surface area contributed by atoms with Crippen molar-refractivity contribution in [1.82, 2.24) is 0 Å². The summed E-state index contributed by atoms with van der Waals surface area (Å²) in [5.41, 5.74) is -1.70. The predicted molar refractivity (Wildman–Crippen MR) is 98.9 cm³/mol. The van der Waals surface area contributed by atoms with E-state index in [2.05, 4.69) is 6.58 Å². The number of rotatable bonds is 9. The fourth-order valence-electron chi connectivity index (χ4n) is 2.67. The number of carbonyl (C=O) groups is 2. The molecule has 0 spiro atoms. The maximum atomic E-state index is 12.9. The Labute approximate surface area is 152 Å². The Morgan fingerprint density at radius 3 is 2.08 bits per heavy atom. The molecule has 1 N–H and O–H groups in total. The lowest BCUT2D eigenvalue weighted by Gasteiger charge is -2.32. The van der Waals surface area contributed by atoms with Gasteiger partial charge < -0.3 is 14.6 Å². The zero-order chi connectivity index (χ0) is 20.0. The fourth-order valence-corrected chi connectivity index (χ4v) is 2.67. The predicted octanol–water partition coefficient (Wildman–Crippen LogP) is 3.66. The van der Waals surface area contributed by atoms with Crippen molar-refractivity contribution in [1.29, 1.82) is 0 Å². The van der Waals surface area contributed by atoms with E-state index < -0.39 is 29.0 Å². The molecule has 0 aliphatic carbocycles. The lowest BCUT2D eigenvalue weighted by Crippen LogP contribution is -2.40. The zero-order valence-electron chi connectivity index (χ0n) is 16.9. The molecule has 3 atom stereocenters. The lowest BCUT2D eigenvalue weighted by atomic mass is 9.75. The van der Waals surface area contributed by atoms with E-state index in [1.165, 1.54) is 13.2 Å². The summed E-state index contributed by atoms with van der Waals surface area (Å²) in [6, 6.07) is 0. The number of carbonyl (C=O) groups excluding carboxylic acids is 2. The fraction of sp³-hybridized carbons (Fsp3) is 0.700. The standard InChI is InChI=1S/C20H34O5/c1-10-11-13(2)17(22)14(3)18(23)20(7,8)15(24-9)12-16(21)25-19(4,5)6/h10,12-14,17,22H,1,11H2,2-9H3/b15-12-/t13-,14-,17+/m1/s1. The molecule has 0 aromatic carbocycles. The third-order valence-corrected chi connectivity index (χ3v) is 4.15. The van der Waals surface area contributed by atoms with E-state index >= 15 is 0 Å². The van der Waals surface area contributed by atoms with E-state index in [1.807, 2.05) is 6.92 Å². The van der Waals surface area contributed by atoms with Gasteiger partial charge in [0.05, 0.1) is 24.7 Å². The van der Waals surface area contributed by atoms with E-state index in [-0.39, 0.29) is 17.5 Å². The summed E-state index contributed by atoms with van der Waals surface area (Å²) in [5.74, 6) is -1.26. The largest absolute Gasteiger partial charge is 0.500 e. The Morgan fingerprint density at radius 2 is 1.68 bits per heavy atom. The van der Waals surface area contributed by atoms with Gasteiger partial charge in [-0.05, 0) is 47.0 Å². The Bertz CT molecular complexity index is 511. The van der Waals surface area contributed by atoms with Gasteiger partial charge in [0.2, 0.25) is 0 Å². The number of allylic oxidation sites excluding steroid dienone is 2. The van der Waals surface area contributed by atoms with Gasteiger partial charge in [0.1, 0.15) is 11.4 Å². The molecule has 0 radical (unpaired) electrons. The Hall–Kier alpha value is -1.62. The Balaban J connectivity index is 5.43. The highest BCUT2D eigenvalue weighted by Crippen LogP contribution is 2.33. The number of Topliss-reactive ketones (excluding diaryl/α,β-unsaturated/α-hetero) is 1. The molecule has 5 nitrogen and oxygen atoms in total. The lowest BCUT2D eigenvalue weighted by molar-refractivity contribution is -0.148. The number of ether oxygens (including phenoxy) is 2. The molecule has 25 heavy (non-hydrogen) atoms. The number of esters is 1. The highest BCUT2D eigenvalue weighted by Gasteiger charge is 2.40. The van der Waals surface area contributed by atoms with Crippen LogP contribution < -0.4 is 0 Å². The summed E-state index contributed by atoms with van der Waals surface area (Å²) in [7, 11) is 1.41. The molecule has 0 unspecified atom stereocenters. The minimum absolute atomic E-state index is 0.0897. The minimum Gasteiger partial charge on any atom is -0.500 e. The van der Waals surface area contributed by atoms with Crippen LogP contribution in [0.25, 0.3) is 0 Å². The van der Waals surface area contributed by atoms with Gasteiger partial charge >= 0.3 is 5.97 Å². The molecule has 0 heterocycles. The quantitative estimate of drug-likeness (QED) is 0.296. The summed E-state index contributed by atoms with van der Waals surface area (Å²) in [4.78, 5) is 25.0. The van der Waals surface area contributed by atoms with Crippen LogP contribution in [0.1, 0.15) is 54.9 Å². The van der Waals surface area contributed by atoms with Crippen molar-refractivity contribution in [3.05, 3.63) is 24.5 Å². The summed E-state index contributed by atoms with van der Waals surface area (Å²) in [6.07, 6.45) is 2.74. The number of hydrogen-bond acceptors (Lipinski definition) is 5. The van der Waals surface area contributed by atoms with Crippen molar-refractivity contribution in [3.8, 4) is 0 Å². The average molecular weight is 354 g/mol. The number of aliphatic hydroxyl groups is 1. The maximum Gasteiger partial charge on any atom is 0.334 e. The van der Waals surface area contributed by atoms with Crippen molar-refractivity contribution in [2.45, 2.75) is 66.6 Å². The normalized spacial score (nSPS) is 16.6. The number of ketones is 1. The molecule has 5 heteroatoms. The summed E-state index contributed by atoms with van der Waals surface area (Å²) >= 11 is 0. The molecule has 0 saturated carbocycles. The van der Waals surface area contributed by atoms with Crippen LogP contribution in [0.3, 0.4) is 0 Å². The monoisotopic (exact) mass is 354 g/mol. The van der Waals surface area contributed by atoms with Gasteiger partial charge in [0.15, 0.2) is 5.78 Å². The molecule has 0 aromatic heterocycles. The number of aliphatic hydroxyl groups excluding tert-OH is 1. The first-order chi connectivity index (χ1) is 11.3. The molecular weight excluding hydrogens is 320 g/mol. The summed E-state index contributed by atoms with van der Waals surface area (Å²) in [6.45, 7) is 15.9. The molecule has 0 aliphatic heterocycles. The molecular formula is C20H34O5. The van der Waals surface area contributed by atoms with Gasteiger partial charge in [-0.15, -0.1) is 6.58 Å². The van der Waals surface area contributed by atoms with Crippen molar-refractivity contribution < 1.29 is 24.2 Å². The van der Waals surface area contributed by atoms with Crippen LogP contribution in [0.15, 0.2) is 24.5 Å². The topological polar surface area (TPSA) is 72.8 Å². The highest BCUT2D eigenvalue weighted by molar-refractivity contribution is 5.91. The molecule has 0 aromatic rings. The molecule has 0 aliphatic rings. The van der Waals surface area contributed by atoms with Gasteiger partial charge in [-0.2, -0.15) is 0 Å². The molecule has 0 saturated heterocycles. The van der Waals surface area contributed by atoms with Gasteiger partial charge in [0.25, 0.3) is 0 Å². The van der Waals surface area contributed by atoms with E-state index in [9.17, 15) is 14.7 Å². The Kier molecular flexibility index (Phi) is 8.59. The van der Waals surface area contributed by atoms with Crippen molar-refractivity contribution in [2.75, 3.05) is 7.11 Å². The van der Waals surface area contributed by atoms with Crippen LogP contribution in [-0.4, -0.2) is 35.7 Å². The van der Waals surface area contributed by atoms with E-state index in [1.54, 1.807) is 47.6 Å². The van der Waals surface area contributed by atoms with E-state index in [0.717, 1.165) is 0 Å². The zero-order valence-corrected chi connectivity index (χ0v) is 16.9. The second kappa shape index (κ2) is 9.18. The summed E-state index contributed by atoms with van der Waals surface area (Å²) in [5, 5.41) is 10.4. The average Bonchev–Trinajstić information content (AvgIpc) is 2.48. The first-order valence-electron chi connectivity index (χ1n) is 8.60. The maximum absolute atomic E-state index is 12.9. The van der Waals surface area contributed by atoms with Crippen LogP contribution in [0.2, 0.25) is 0 Å². The third-order valence-electron chi connectivity index (χ3n) is 4.15. The highest BCUT2D eigenvalue weighted by atomic mass is 16.6. The second-order valence-electron chi connectivity index (χ2n) is 8.02. The van der Waals surface area contributed by atoms with Gasteiger partial charge in [-0.3, -0.25) is 4.79 Å². The number of hydrogen-bond donors (Lipinski definition) is 1. The molecule has 0 rings (SSSR count). The van der Waals surface area contributed by atoms with Crippen LogP contribution in [0, 0.1) is 17.3 Å². The first-order valence-corrected chi connectivity index (χ1v) is 8.60. The SMILES string of the molecule is C=CC[C@@H](C)[C@H](O)[C@@H](C)C(=O)C(C)(C)/C(=C/C(=O)OC(C)(C)C)OC. The summed E-state index contributed by atoms with van der Waals surface area (Å²) < 4.78 is 10.6. The van der Waals surface area contributed by atoms with Crippen LogP contribution in [0.4, 0.5) is 0 Å². The third kappa shape index (κ3) is 7.02. The van der Waals surface area contributed by atoms with Crippen LogP contribution >= 0.6 is 0 Å². The van der Waals surface area contributed by atoms with Crippen LogP contribution in [-0.2, 0) is 19.1 Å². The van der Waals surface area contributed by atoms with Gasteiger partial charge in [0, 0.05) is 5.92 Å². The second-order valence-corrected chi connectivity index (χ2v) is 8.02. The molecule has 144 valence electrons. The molecule has 0 fully saturated rings. The van der Waals surface area contributed by atoms with Crippen molar-refractivity contribution in [3.63, 3.8) is 0 Å². The smallest absolute Gasteiger partial charge is 0.334 e. The van der Waals surface area contributed by atoms with Crippen molar-refractivity contribution >= 4 is 11.8 Å².